The monoisotopic (exact) mass is 306 g/mol. The van der Waals surface area contributed by atoms with E-state index in [1.54, 1.807) is 12.1 Å². The molecule has 0 atom stereocenters. The smallest absolute Gasteiger partial charge is 0.258 e. The maximum atomic E-state index is 5.57. The molecule has 1 aliphatic carbocycles. The van der Waals surface area contributed by atoms with Crippen LogP contribution in [0.2, 0.25) is 0 Å². The topological polar surface area (TPSA) is 52.1 Å². The zero-order chi connectivity index (χ0) is 15.6. The van der Waals surface area contributed by atoms with Gasteiger partial charge >= 0.3 is 0 Å². The van der Waals surface area contributed by atoms with Crippen LogP contribution < -0.4 is 0 Å². The van der Waals surface area contributed by atoms with Crippen molar-refractivity contribution < 1.29 is 8.94 Å². The highest BCUT2D eigenvalue weighted by molar-refractivity contribution is 5.57. The van der Waals surface area contributed by atoms with Gasteiger partial charge in [0, 0.05) is 12.5 Å². The summed E-state index contributed by atoms with van der Waals surface area (Å²) in [5, 5.41) is 3.95. The molecule has 4 rings (SSSR count). The first kappa shape index (κ1) is 14.2. The molecule has 0 aliphatic heterocycles. The molecular formula is C19H18N2O2. The van der Waals surface area contributed by atoms with E-state index in [-0.39, 0.29) is 0 Å². The number of furan rings is 1. The fourth-order valence-corrected chi connectivity index (χ4v) is 3.25. The lowest BCUT2D eigenvalue weighted by Gasteiger charge is -2.21. The van der Waals surface area contributed by atoms with E-state index in [0.717, 1.165) is 5.56 Å². The zero-order valence-electron chi connectivity index (χ0n) is 12.9. The summed E-state index contributed by atoms with van der Waals surface area (Å²) in [5.74, 6) is 2.44. The van der Waals surface area contributed by atoms with Crippen LogP contribution in [0.4, 0.5) is 0 Å². The van der Waals surface area contributed by atoms with Gasteiger partial charge in [-0.05, 0) is 48.6 Å². The highest BCUT2D eigenvalue weighted by Gasteiger charge is 2.17. The van der Waals surface area contributed by atoms with Gasteiger partial charge in [-0.1, -0.05) is 36.6 Å². The minimum Gasteiger partial charge on any atom is -0.457 e. The van der Waals surface area contributed by atoms with Gasteiger partial charge < -0.3 is 8.94 Å². The maximum absolute atomic E-state index is 5.57. The van der Waals surface area contributed by atoms with Crippen molar-refractivity contribution in [1.82, 2.24) is 10.1 Å². The molecule has 0 unspecified atom stereocenters. The molecule has 1 aliphatic rings. The van der Waals surface area contributed by atoms with Gasteiger partial charge in [-0.25, -0.2) is 0 Å². The van der Waals surface area contributed by atoms with Crippen molar-refractivity contribution in [3.05, 3.63) is 54.6 Å². The van der Waals surface area contributed by atoms with E-state index in [9.17, 15) is 0 Å². The predicted molar refractivity (Wildman–Crippen MR) is 86.7 cm³/mol. The number of hydrogen-bond acceptors (Lipinski definition) is 4. The quantitative estimate of drug-likeness (QED) is 0.675. The van der Waals surface area contributed by atoms with Crippen molar-refractivity contribution >= 4 is 0 Å². The normalized spacial score (nSPS) is 15.9. The van der Waals surface area contributed by atoms with Gasteiger partial charge in [-0.15, -0.1) is 0 Å². The van der Waals surface area contributed by atoms with E-state index in [4.69, 9.17) is 15.9 Å². The first-order valence-corrected chi connectivity index (χ1v) is 8.09. The second-order valence-electron chi connectivity index (χ2n) is 6.08. The van der Waals surface area contributed by atoms with Crippen molar-refractivity contribution in [2.75, 3.05) is 0 Å². The molecule has 0 bridgehead atoms. The molecular weight excluding hydrogens is 288 g/mol. The molecule has 23 heavy (non-hydrogen) atoms. The van der Waals surface area contributed by atoms with Gasteiger partial charge in [0.15, 0.2) is 5.76 Å². The third kappa shape index (κ3) is 2.93. The van der Waals surface area contributed by atoms with Gasteiger partial charge in [0.05, 0.1) is 0 Å². The highest BCUT2D eigenvalue weighted by Crippen LogP contribution is 2.33. The number of nitrogens with zero attached hydrogens (tertiary/aromatic N) is 2. The predicted octanol–water partition coefficient (Wildman–Crippen LogP) is 5.10. The molecule has 116 valence electrons. The Hall–Kier alpha value is -2.36. The van der Waals surface area contributed by atoms with E-state index in [1.165, 1.54) is 37.7 Å². The van der Waals surface area contributed by atoms with Gasteiger partial charge in [-0.3, -0.25) is 0 Å². The van der Waals surface area contributed by atoms with Gasteiger partial charge in [0.1, 0.15) is 5.76 Å². The zero-order valence-corrected chi connectivity index (χ0v) is 12.9. The first-order valence-electron chi connectivity index (χ1n) is 8.09. The summed E-state index contributed by atoms with van der Waals surface area (Å²) in [7, 11) is 0. The maximum Gasteiger partial charge on any atom is 0.258 e. The van der Waals surface area contributed by atoms with Gasteiger partial charge in [0.25, 0.3) is 5.89 Å². The summed E-state index contributed by atoms with van der Waals surface area (Å²) < 4.78 is 10.6. The number of rotatable bonds is 3. The number of benzene rings is 1. The molecule has 1 saturated carbocycles. The van der Waals surface area contributed by atoms with Crippen LogP contribution >= 0.6 is 0 Å². The van der Waals surface area contributed by atoms with Crippen LogP contribution in [0.5, 0.6) is 0 Å². The van der Waals surface area contributed by atoms with Crippen LogP contribution in [0.25, 0.3) is 23.0 Å². The third-order valence-corrected chi connectivity index (χ3v) is 4.51. The minimum atomic E-state index is 0.336. The Morgan fingerprint density at radius 2 is 1.74 bits per heavy atom. The summed E-state index contributed by atoms with van der Waals surface area (Å²) in [6, 6.07) is 11.9. The average molecular weight is 306 g/mol. The van der Waals surface area contributed by atoms with Crippen LogP contribution in [0.1, 0.15) is 49.3 Å². The van der Waals surface area contributed by atoms with Crippen molar-refractivity contribution in [1.29, 1.82) is 0 Å². The summed E-state index contributed by atoms with van der Waals surface area (Å²) in [6.07, 6.45) is 6.64. The van der Waals surface area contributed by atoms with Crippen LogP contribution in [-0.4, -0.2) is 10.1 Å². The van der Waals surface area contributed by atoms with Gasteiger partial charge in [0.2, 0.25) is 5.82 Å². The molecule has 0 N–H and O–H groups in total. The standard InChI is InChI=1S/C19H18N2O2/c1-13-7-12-17(22-13)18-20-19(23-21-18)16-10-8-15(9-11-16)14-5-3-2-4-6-14/h1,7-12,14H,2-6H2. The highest BCUT2D eigenvalue weighted by atomic mass is 16.5. The Morgan fingerprint density at radius 3 is 2.43 bits per heavy atom. The largest absolute Gasteiger partial charge is 0.457 e. The molecule has 3 aromatic rings. The Balaban J connectivity index is 1.55. The molecule has 0 spiro atoms. The minimum absolute atomic E-state index is 0.336. The molecule has 2 heterocycles. The van der Waals surface area contributed by atoms with Crippen LogP contribution in [0, 0.1) is 6.92 Å². The van der Waals surface area contributed by atoms with E-state index >= 15 is 0 Å². The SMILES string of the molecule is [CH]c1ccc(-c2noc(-c3ccc(C4CCCCC4)cc3)n2)o1. The Bertz CT molecular complexity index is 780. The van der Waals surface area contributed by atoms with Crippen LogP contribution in [0.15, 0.2) is 45.3 Å². The van der Waals surface area contributed by atoms with Crippen molar-refractivity contribution in [2.24, 2.45) is 0 Å². The Kier molecular flexibility index (Phi) is 3.74. The van der Waals surface area contributed by atoms with Crippen LogP contribution in [0.3, 0.4) is 0 Å². The average Bonchev–Trinajstić information content (AvgIpc) is 3.25. The lowest BCUT2D eigenvalue weighted by molar-refractivity contribution is 0.429. The second kappa shape index (κ2) is 6.03. The van der Waals surface area contributed by atoms with E-state index in [2.05, 4.69) is 34.4 Å². The fraction of sp³-hybridized carbons (Fsp3) is 0.316. The van der Waals surface area contributed by atoms with Crippen molar-refractivity contribution in [3.8, 4) is 23.0 Å². The summed E-state index contributed by atoms with van der Waals surface area (Å²) in [6.45, 7) is 5.57. The number of hydrogen-bond donors (Lipinski definition) is 0. The summed E-state index contributed by atoms with van der Waals surface area (Å²) in [5.41, 5.74) is 2.33. The molecule has 0 amide bonds. The molecule has 0 saturated heterocycles. The van der Waals surface area contributed by atoms with Crippen molar-refractivity contribution in [3.63, 3.8) is 0 Å². The Labute approximate surface area is 135 Å². The molecule has 1 fully saturated rings. The second-order valence-corrected chi connectivity index (χ2v) is 6.08. The molecule has 4 heteroatoms. The van der Waals surface area contributed by atoms with E-state index in [1.807, 2.05) is 0 Å². The lowest BCUT2D eigenvalue weighted by atomic mass is 9.84. The van der Waals surface area contributed by atoms with Crippen LogP contribution in [-0.2, 0) is 0 Å². The summed E-state index contributed by atoms with van der Waals surface area (Å²) in [4.78, 5) is 4.38. The molecule has 1 aromatic carbocycles. The summed E-state index contributed by atoms with van der Waals surface area (Å²) >= 11 is 0. The van der Waals surface area contributed by atoms with E-state index < -0.39 is 0 Å². The third-order valence-electron chi connectivity index (χ3n) is 4.51. The number of aromatic nitrogens is 2. The Morgan fingerprint density at radius 1 is 0.957 bits per heavy atom. The van der Waals surface area contributed by atoms with Gasteiger partial charge in [-0.2, -0.15) is 4.98 Å². The molecule has 2 aromatic heterocycles. The fourth-order valence-electron chi connectivity index (χ4n) is 3.25. The molecule has 2 radical (unpaired) electrons. The first-order chi connectivity index (χ1) is 11.3. The lowest BCUT2D eigenvalue weighted by Crippen LogP contribution is -2.04. The van der Waals surface area contributed by atoms with Crippen molar-refractivity contribution in [2.45, 2.75) is 38.0 Å². The molecule has 4 nitrogen and oxygen atoms in total. The van der Waals surface area contributed by atoms with E-state index in [0.29, 0.717) is 29.2 Å².